The van der Waals surface area contributed by atoms with E-state index < -0.39 is 0 Å². The van der Waals surface area contributed by atoms with Crippen LogP contribution in [0.5, 0.6) is 0 Å². The van der Waals surface area contributed by atoms with Gasteiger partial charge < -0.3 is 5.11 Å². The normalized spacial score (nSPS) is 47.6. The molecule has 0 bridgehead atoms. The van der Waals surface area contributed by atoms with Crippen molar-refractivity contribution in [3.05, 3.63) is 11.6 Å². The molecule has 3 fully saturated rings. The molecule has 154 valence electrons. The second kappa shape index (κ2) is 7.71. The van der Waals surface area contributed by atoms with Crippen LogP contribution in [0.4, 0.5) is 0 Å². The number of thioether (sulfide) groups is 1. The molecule has 0 radical (unpaired) electrons. The summed E-state index contributed by atoms with van der Waals surface area (Å²) in [6.07, 6.45) is 18.0. The summed E-state index contributed by atoms with van der Waals surface area (Å²) in [5.74, 6) is 5.94. The molecule has 4 rings (SSSR count). The fourth-order valence-corrected chi connectivity index (χ4v) is 8.82. The Kier molecular flexibility index (Phi) is 5.80. The van der Waals surface area contributed by atoms with Crippen molar-refractivity contribution in [2.45, 2.75) is 91.1 Å². The van der Waals surface area contributed by atoms with Crippen LogP contribution in [0.3, 0.4) is 0 Å². The van der Waals surface area contributed by atoms with Crippen LogP contribution in [0.2, 0.25) is 0 Å². The molecule has 1 N–H and O–H groups in total. The van der Waals surface area contributed by atoms with E-state index >= 15 is 0 Å². The van der Waals surface area contributed by atoms with Crippen molar-refractivity contribution in [3.63, 3.8) is 0 Å². The predicted molar refractivity (Wildman–Crippen MR) is 118 cm³/mol. The van der Waals surface area contributed by atoms with E-state index in [0.29, 0.717) is 10.8 Å². The lowest BCUT2D eigenvalue weighted by Crippen LogP contribution is -2.50. The Hall–Kier alpha value is 0.0500. The summed E-state index contributed by atoms with van der Waals surface area (Å²) in [5.41, 5.74) is 2.60. The van der Waals surface area contributed by atoms with Crippen molar-refractivity contribution in [2.75, 3.05) is 12.0 Å². The van der Waals surface area contributed by atoms with Crippen molar-refractivity contribution >= 4 is 11.8 Å². The van der Waals surface area contributed by atoms with Gasteiger partial charge in [0.15, 0.2) is 0 Å². The number of aliphatic hydroxyl groups excluding tert-OH is 1. The van der Waals surface area contributed by atoms with Crippen LogP contribution in [0.15, 0.2) is 11.6 Å². The third-order valence-corrected chi connectivity index (χ3v) is 10.5. The highest BCUT2D eigenvalue weighted by atomic mass is 32.2. The summed E-state index contributed by atoms with van der Waals surface area (Å²) in [5, 5.41) is 10.2. The van der Waals surface area contributed by atoms with Gasteiger partial charge in [-0.3, -0.25) is 0 Å². The van der Waals surface area contributed by atoms with Crippen LogP contribution < -0.4 is 0 Å². The molecule has 0 heterocycles. The zero-order valence-electron chi connectivity index (χ0n) is 18.2. The zero-order chi connectivity index (χ0) is 19.2. The predicted octanol–water partition coefficient (Wildman–Crippen LogP) is 6.71. The van der Waals surface area contributed by atoms with Crippen molar-refractivity contribution in [1.29, 1.82) is 0 Å². The number of fused-ring (bicyclic) bond motifs is 5. The van der Waals surface area contributed by atoms with E-state index in [4.69, 9.17) is 0 Å². The van der Waals surface area contributed by atoms with Gasteiger partial charge in [-0.1, -0.05) is 32.4 Å². The molecule has 4 aliphatic rings. The fourth-order valence-electron chi connectivity index (χ4n) is 8.37. The summed E-state index contributed by atoms with van der Waals surface area (Å²) in [6.45, 7) is 7.80. The minimum atomic E-state index is -0.0762. The number of hydrogen-bond donors (Lipinski definition) is 1. The van der Waals surface area contributed by atoms with Gasteiger partial charge in [-0.2, -0.15) is 11.8 Å². The highest BCUT2D eigenvalue weighted by Crippen LogP contribution is 2.67. The summed E-state index contributed by atoms with van der Waals surface area (Å²) in [7, 11) is 0. The van der Waals surface area contributed by atoms with E-state index in [0.717, 1.165) is 42.4 Å². The van der Waals surface area contributed by atoms with E-state index in [1.807, 2.05) is 11.8 Å². The van der Waals surface area contributed by atoms with E-state index in [9.17, 15) is 5.11 Å². The lowest BCUT2D eigenvalue weighted by molar-refractivity contribution is -0.0571. The van der Waals surface area contributed by atoms with Gasteiger partial charge in [0.05, 0.1) is 6.10 Å². The monoisotopic (exact) mass is 390 g/mol. The van der Waals surface area contributed by atoms with E-state index in [2.05, 4.69) is 33.1 Å². The summed E-state index contributed by atoms with van der Waals surface area (Å²) in [4.78, 5) is 0. The van der Waals surface area contributed by atoms with Crippen LogP contribution in [0.25, 0.3) is 0 Å². The second-order valence-electron chi connectivity index (χ2n) is 11.0. The molecule has 0 unspecified atom stereocenters. The Labute approximate surface area is 172 Å². The number of aliphatic hydroxyl groups is 1. The van der Waals surface area contributed by atoms with Gasteiger partial charge in [0.2, 0.25) is 0 Å². The van der Waals surface area contributed by atoms with Gasteiger partial charge in [0, 0.05) is 0 Å². The first kappa shape index (κ1) is 20.3. The van der Waals surface area contributed by atoms with Gasteiger partial charge in [0.25, 0.3) is 0 Å². The Balaban J connectivity index is 1.52. The van der Waals surface area contributed by atoms with Gasteiger partial charge in [0.1, 0.15) is 0 Å². The largest absolute Gasteiger partial charge is 0.393 e. The maximum absolute atomic E-state index is 10.2. The molecule has 4 aliphatic carbocycles. The van der Waals surface area contributed by atoms with Crippen molar-refractivity contribution in [1.82, 2.24) is 0 Å². The van der Waals surface area contributed by atoms with Crippen LogP contribution >= 0.6 is 11.8 Å². The molecular weight excluding hydrogens is 348 g/mol. The van der Waals surface area contributed by atoms with Crippen LogP contribution in [0.1, 0.15) is 85.0 Å². The standard InChI is InChI=1S/C25H42OS/c1-17(6-5-15-27-4)21-9-10-22-20-8-7-18-16-19(26)11-13-24(18,2)23(20)12-14-25(21,22)3/h7,17,19-23,26H,5-6,8-16H2,1-4H3/t17-,19+,20+,21-,22+,23+,24+,25-/m1/s1. The maximum Gasteiger partial charge on any atom is 0.0577 e. The van der Waals surface area contributed by atoms with Crippen LogP contribution in [-0.2, 0) is 0 Å². The number of rotatable bonds is 5. The molecule has 8 atom stereocenters. The highest BCUT2D eigenvalue weighted by Gasteiger charge is 2.58. The topological polar surface area (TPSA) is 20.2 Å². The quantitative estimate of drug-likeness (QED) is 0.416. The molecule has 3 saturated carbocycles. The third-order valence-electron chi connectivity index (χ3n) is 9.85. The van der Waals surface area contributed by atoms with Crippen LogP contribution in [0, 0.1) is 40.4 Å². The Morgan fingerprint density at radius 2 is 1.96 bits per heavy atom. The fraction of sp³-hybridized carbons (Fsp3) is 0.920. The summed E-state index contributed by atoms with van der Waals surface area (Å²) < 4.78 is 0. The molecule has 0 aliphatic heterocycles. The molecule has 1 nitrogen and oxygen atoms in total. The third kappa shape index (κ3) is 3.35. The van der Waals surface area contributed by atoms with Crippen molar-refractivity contribution in [2.24, 2.45) is 40.4 Å². The van der Waals surface area contributed by atoms with E-state index in [-0.39, 0.29) is 6.10 Å². The van der Waals surface area contributed by atoms with E-state index in [1.54, 1.807) is 5.57 Å². The molecule has 0 aromatic carbocycles. The SMILES string of the molecule is CSCCC[C@@H](C)[C@H]1CC[C@H]2[C@@H]3CC=C4C[C@@H](O)CC[C@]4(C)[C@H]3CC[C@]12C. The van der Waals surface area contributed by atoms with Gasteiger partial charge in [-0.25, -0.2) is 0 Å². The zero-order valence-corrected chi connectivity index (χ0v) is 19.0. The minimum Gasteiger partial charge on any atom is -0.393 e. The molecular formula is C25H42OS. The van der Waals surface area contributed by atoms with E-state index in [1.165, 1.54) is 57.1 Å². The summed E-state index contributed by atoms with van der Waals surface area (Å²) in [6, 6.07) is 0. The Morgan fingerprint density at radius 3 is 2.74 bits per heavy atom. The second-order valence-corrected chi connectivity index (χ2v) is 12.0. The van der Waals surface area contributed by atoms with Gasteiger partial charge in [-0.05, 0) is 117 Å². The Morgan fingerprint density at radius 1 is 1.15 bits per heavy atom. The molecule has 0 aromatic rings. The first-order valence-electron chi connectivity index (χ1n) is 11.8. The molecule has 0 amide bonds. The summed E-state index contributed by atoms with van der Waals surface area (Å²) >= 11 is 2.01. The number of hydrogen-bond acceptors (Lipinski definition) is 2. The van der Waals surface area contributed by atoms with Gasteiger partial charge >= 0.3 is 0 Å². The van der Waals surface area contributed by atoms with Gasteiger partial charge in [-0.15, -0.1) is 0 Å². The molecule has 27 heavy (non-hydrogen) atoms. The lowest BCUT2D eigenvalue weighted by Gasteiger charge is -2.58. The van der Waals surface area contributed by atoms with Crippen LogP contribution in [-0.4, -0.2) is 23.2 Å². The lowest BCUT2D eigenvalue weighted by atomic mass is 9.47. The first-order valence-corrected chi connectivity index (χ1v) is 13.2. The molecule has 0 spiro atoms. The molecule has 0 saturated heterocycles. The molecule has 2 heteroatoms. The smallest absolute Gasteiger partial charge is 0.0577 e. The minimum absolute atomic E-state index is 0.0762. The highest BCUT2D eigenvalue weighted by molar-refractivity contribution is 7.98. The number of allylic oxidation sites excluding steroid dienone is 1. The molecule has 0 aromatic heterocycles. The Bertz CT molecular complexity index is 571. The first-order chi connectivity index (χ1) is 12.9. The average molecular weight is 391 g/mol. The maximum atomic E-state index is 10.2. The van der Waals surface area contributed by atoms with Crippen molar-refractivity contribution < 1.29 is 5.11 Å². The van der Waals surface area contributed by atoms with Crippen molar-refractivity contribution in [3.8, 4) is 0 Å². The average Bonchev–Trinajstić information content (AvgIpc) is 3.00.